The maximum absolute atomic E-state index is 6.15. The minimum atomic E-state index is 0.181. The first-order valence-corrected chi connectivity index (χ1v) is 7.50. The van der Waals surface area contributed by atoms with E-state index in [1.54, 1.807) is 0 Å². The van der Waals surface area contributed by atoms with Gasteiger partial charge >= 0.3 is 0 Å². The summed E-state index contributed by atoms with van der Waals surface area (Å²) in [4.78, 5) is 6.85. The SMILES string of the molecule is Cc1oc(C)c(-c2nc(N3CCCC(N)C3C)n[nH]2)c1C. The number of H-pyrrole nitrogens is 1. The zero-order chi connectivity index (χ0) is 15.1. The van der Waals surface area contributed by atoms with E-state index < -0.39 is 0 Å². The van der Waals surface area contributed by atoms with Crippen LogP contribution in [0, 0.1) is 20.8 Å². The van der Waals surface area contributed by atoms with E-state index in [4.69, 9.17) is 10.2 Å². The van der Waals surface area contributed by atoms with Crippen molar-refractivity contribution >= 4 is 5.95 Å². The van der Waals surface area contributed by atoms with Crippen LogP contribution in [0.2, 0.25) is 0 Å². The van der Waals surface area contributed by atoms with Gasteiger partial charge in [0.15, 0.2) is 5.82 Å². The molecule has 0 saturated carbocycles. The summed E-state index contributed by atoms with van der Waals surface area (Å²) in [7, 11) is 0. The first-order valence-electron chi connectivity index (χ1n) is 7.50. The van der Waals surface area contributed by atoms with Crippen LogP contribution in [0.3, 0.4) is 0 Å². The molecular formula is C15H23N5O. The monoisotopic (exact) mass is 289 g/mol. The third-order valence-corrected chi connectivity index (χ3v) is 4.58. The molecule has 6 nitrogen and oxygen atoms in total. The zero-order valence-electron chi connectivity index (χ0n) is 13.1. The quantitative estimate of drug-likeness (QED) is 0.886. The summed E-state index contributed by atoms with van der Waals surface area (Å²) in [5.41, 5.74) is 8.28. The lowest BCUT2D eigenvalue weighted by Gasteiger charge is -2.36. The van der Waals surface area contributed by atoms with Gasteiger partial charge in [-0.3, -0.25) is 5.10 Å². The molecule has 2 unspecified atom stereocenters. The summed E-state index contributed by atoms with van der Waals surface area (Å²) in [6.45, 7) is 9.06. The summed E-state index contributed by atoms with van der Waals surface area (Å²) >= 11 is 0. The summed E-state index contributed by atoms with van der Waals surface area (Å²) in [5, 5.41) is 7.43. The van der Waals surface area contributed by atoms with Crippen molar-refractivity contribution in [2.75, 3.05) is 11.4 Å². The van der Waals surface area contributed by atoms with Crippen LogP contribution < -0.4 is 10.6 Å². The molecule has 1 saturated heterocycles. The Morgan fingerprint density at radius 1 is 1.29 bits per heavy atom. The van der Waals surface area contributed by atoms with Crippen LogP contribution in [0.1, 0.15) is 36.8 Å². The van der Waals surface area contributed by atoms with Gasteiger partial charge in [0.2, 0.25) is 5.95 Å². The number of nitrogens with two attached hydrogens (primary N) is 1. The lowest BCUT2D eigenvalue weighted by Crippen LogP contribution is -2.50. The molecule has 1 aliphatic heterocycles. The predicted octanol–water partition coefficient (Wildman–Crippen LogP) is 2.31. The summed E-state index contributed by atoms with van der Waals surface area (Å²) in [5.74, 6) is 3.29. The van der Waals surface area contributed by atoms with Crippen LogP contribution >= 0.6 is 0 Å². The van der Waals surface area contributed by atoms with Gasteiger partial charge in [0, 0.05) is 24.2 Å². The van der Waals surface area contributed by atoms with Crippen LogP contribution in [0.5, 0.6) is 0 Å². The maximum Gasteiger partial charge on any atom is 0.245 e. The van der Waals surface area contributed by atoms with Crippen molar-refractivity contribution in [3.05, 3.63) is 17.1 Å². The molecule has 3 N–H and O–H groups in total. The first-order chi connectivity index (χ1) is 9.99. The summed E-state index contributed by atoms with van der Waals surface area (Å²) < 4.78 is 5.67. The number of nitrogens with zero attached hydrogens (tertiary/aromatic N) is 3. The topological polar surface area (TPSA) is 84.0 Å². The fraction of sp³-hybridized carbons (Fsp3) is 0.600. The molecule has 0 bridgehead atoms. The van der Waals surface area contributed by atoms with Crippen LogP contribution in [0.4, 0.5) is 5.95 Å². The number of furan rings is 1. The lowest BCUT2D eigenvalue weighted by atomic mass is 9.99. The number of hydrogen-bond acceptors (Lipinski definition) is 5. The van der Waals surface area contributed by atoms with Crippen molar-refractivity contribution in [2.45, 2.75) is 52.6 Å². The molecule has 114 valence electrons. The second-order valence-corrected chi connectivity index (χ2v) is 5.94. The highest BCUT2D eigenvalue weighted by Gasteiger charge is 2.28. The van der Waals surface area contributed by atoms with Gasteiger partial charge in [-0.2, -0.15) is 4.98 Å². The van der Waals surface area contributed by atoms with Crippen LogP contribution in [0.25, 0.3) is 11.4 Å². The Morgan fingerprint density at radius 2 is 2.05 bits per heavy atom. The molecule has 0 spiro atoms. The van der Waals surface area contributed by atoms with Crippen molar-refractivity contribution in [1.82, 2.24) is 15.2 Å². The molecule has 0 aromatic carbocycles. The number of aromatic nitrogens is 3. The van der Waals surface area contributed by atoms with Gasteiger partial charge in [0.25, 0.3) is 0 Å². The first kappa shape index (κ1) is 14.1. The Labute approximate surface area is 124 Å². The molecule has 0 aliphatic carbocycles. The highest BCUT2D eigenvalue weighted by Crippen LogP contribution is 2.30. The van der Waals surface area contributed by atoms with E-state index in [1.807, 2.05) is 20.8 Å². The molecule has 3 heterocycles. The zero-order valence-corrected chi connectivity index (χ0v) is 13.1. The molecule has 2 aromatic rings. The molecule has 21 heavy (non-hydrogen) atoms. The van der Waals surface area contributed by atoms with Gasteiger partial charge in [0.05, 0.1) is 5.56 Å². The minimum absolute atomic E-state index is 0.181. The molecule has 0 amide bonds. The highest BCUT2D eigenvalue weighted by molar-refractivity contribution is 5.64. The van der Waals surface area contributed by atoms with Gasteiger partial charge in [-0.25, -0.2) is 0 Å². The predicted molar refractivity (Wildman–Crippen MR) is 82.3 cm³/mol. The summed E-state index contributed by atoms with van der Waals surface area (Å²) in [6.07, 6.45) is 2.15. The Balaban J connectivity index is 1.93. The Bertz CT molecular complexity index is 645. The maximum atomic E-state index is 6.15. The number of nitrogens with one attached hydrogen (secondary N) is 1. The lowest BCUT2D eigenvalue weighted by molar-refractivity contribution is 0.416. The van der Waals surface area contributed by atoms with E-state index in [-0.39, 0.29) is 12.1 Å². The number of hydrogen-bond donors (Lipinski definition) is 2. The standard InChI is InChI=1S/C15H23N5O/c1-8-10(3)21-11(4)13(8)14-17-15(19-18-14)20-7-5-6-12(16)9(20)2/h9,12H,5-7,16H2,1-4H3,(H,17,18,19). The second-order valence-electron chi connectivity index (χ2n) is 5.94. The van der Waals surface area contributed by atoms with Crippen molar-refractivity contribution in [3.8, 4) is 11.4 Å². The highest BCUT2D eigenvalue weighted by atomic mass is 16.3. The van der Waals surface area contributed by atoms with Crippen molar-refractivity contribution < 1.29 is 4.42 Å². The van der Waals surface area contributed by atoms with Gasteiger partial charge in [-0.1, -0.05) is 0 Å². The van der Waals surface area contributed by atoms with E-state index in [2.05, 4.69) is 27.0 Å². The number of aromatic amines is 1. The van der Waals surface area contributed by atoms with E-state index in [1.165, 1.54) is 0 Å². The van der Waals surface area contributed by atoms with Crippen molar-refractivity contribution in [1.29, 1.82) is 0 Å². The van der Waals surface area contributed by atoms with Crippen molar-refractivity contribution in [2.24, 2.45) is 5.73 Å². The Morgan fingerprint density at radius 3 is 2.71 bits per heavy atom. The van der Waals surface area contributed by atoms with E-state index >= 15 is 0 Å². The average molecular weight is 289 g/mol. The third kappa shape index (κ3) is 2.33. The van der Waals surface area contributed by atoms with Crippen LogP contribution in [0.15, 0.2) is 4.42 Å². The third-order valence-electron chi connectivity index (χ3n) is 4.58. The molecule has 1 aliphatic rings. The minimum Gasteiger partial charge on any atom is -0.466 e. The van der Waals surface area contributed by atoms with E-state index in [0.717, 1.165) is 53.8 Å². The van der Waals surface area contributed by atoms with Gasteiger partial charge in [-0.15, -0.1) is 5.10 Å². The molecule has 6 heteroatoms. The fourth-order valence-electron chi connectivity index (χ4n) is 3.09. The van der Waals surface area contributed by atoms with Gasteiger partial charge in [0.1, 0.15) is 11.5 Å². The van der Waals surface area contributed by atoms with E-state index in [0.29, 0.717) is 0 Å². The Hall–Kier alpha value is -1.82. The number of aryl methyl sites for hydroxylation is 2. The van der Waals surface area contributed by atoms with Crippen molar-refractivity contribution in [3.63, 3.8) is 0 Å². The fourth-order valence-corrected chi connectivity index (χ4v) is 3.09. The largest absolute Gasteiger partial charge is 0.466 e. The van der Waals surface area contributed by atoms with Crippen LogP contribution in [-0.2, 0) is 0 Å². The molecule has 0 radical (unpaired) electrons. The molecule has 3 rings (SSSR count). The van der Waals surface area contributed by atoms with Crippen LogP contribution in [-0.4, -0.2) is 33.8 Å². The average Bonchev–Trinajstić information content (AvgIpc) is 2.99. The molecular weight excluding hydrogens is 266 g/mol. The number of anilines is 1. The van der Waals surface area contributed by atoms with Gasteiger partial charge < -0.3 is 15.1 Å². The van der Waals surface area contributed by atoms with E-state index in [9.17, 15) is 0 Å². The normalized spacial score (nSPS) is 22.8. The summed E-state index contributed by atoms with van der Waals surface area (Å²) in [6, 6.07) is 0.441. The second kappa shape index (κ2) is 5.18. The molecule has 2 aromatic heterocycles. The molecule has 2 atom stereocenters. The Kier molecular flexibility index (Phi) is 3.49. The number of rotatable bonds is 2. The smallest absolute Gasteiger partial charge is 0.245 e. The molecule has 1 fully saturated rings. The number of piperidine rings is 1. The van der Waals surface area contributed by atoms with Gasteiger partial charge in [-0.05, 0) is 40.5 Å².